The van der Waals surface area contributed by atoms with Gasteiger partial charge in [0.25, 0.3) is 0 Å². The highest BCUT2D eigenvalue weighted by Gasteiger charge is 2.65. The first kappa shape index (κ1) is 47.0. The van der Waals surface area contributed by atoms with Crippen LogP contribution in [0.4, 0.5) is 4.79 Å². The third-order valence-electron chi connectivity index (χ3n) is 13.8. The van der Waals surface area contributed by atoms with Crippen molar-refractivity contribution in [3.05, 3.63) is 120 Å². The first-order chi connectivity index (χ1) is 31.4. The van der Waals surface area contributed by atoms with E-state index < -0.39 is 23.8 Å². The summed E-state index contributed by atoms with van der Waals surface area (Å²) in [5.41, 5.74) is 4.58. The van der Waals surface area contributed by atoms with Crippen LogP contribution in [0.1, 0.15) is 119 Å². The van der Waals surface area contributed by atoms with Gasteiger partial charge in [-0.25, -0.2) is 4.79 Å². The molecule has 3 aromatic carbocycles. The number of nitrogens with one attached hydrogen (secondary N) is 1. The molecule has 11 nitrogen and oxygen atoms in total. The lowest BCUT2D eigenvalue weighted by atomic mass is 9.55. The third kappa shape index (κ3) is 11.3. The highest BCUT2D eigenvalue weighted by Crippen LogP contribution is 2.62. The maximum Gasteiger partial charge on any atom is 0.412 e. The Morgan fingerprint density at radius 1 is 0.938 bits per heavy atom. The van der Waals surface area contributed by atoms with Crippen molar-refractivity contribution < 1.29 is 38.9 Å². The number of oxime groups is 1. The van der Waals surface area contributed by atoms with E-state index in [1.807, 2.05) is 77.7 Å². The lowest BCUT2D eigenvalue weighted by molar-refractivity contribution is -0.257. The minimum absolute atomic E-state index is 0.0402. The maximum atomic E-state index is 14.8. The molecular weight excluding hydrogens is 807 g/mol. The van der Waals surface area contributed by atoms with Crippen LogP contribution in [0.2, 0.25) is 0 Å². The standard InChI is InChI=1S/C53H69N3O8/c1-3-29-56(49(59)28-25-38-17-11-12-18-38)48-35-46(55-62-37-40-21-9-6-10-22-40)44-33-41(23-13-15-30-57)43(24-14-16-31-58)50-45-34-42(63-52(60)54-36-39-19-7-5-8-20-39)26-27-47(45)64-53(48,51(44)50)61-32-4-2/h4-10,19-22,26-27,33-34,38,41,43,48,50-51,57-58H,2-3,11-18,23-25,28-32,35-37H2,1H3,(H,54,60). The minimum atomic E-state index is -1.34. The van der Waals surface area contributed by atoms with E-state index in [0.717, 1.165) is 66.5 Å². The predicted molar refractivity (Wildman–Crippen MR) is 249 cm³/mol. The summed E-state index contributed by atoms with van der Waals surface area (Å²) in [5, 5.41) is 27.8. The van der Waals surface area contributed by atoms with Crippen LogP contribution in [0.3, 0.4) is 0 Å². The maximum absolute atomic E-state index is 14.8. The van der Waals surface area contributed by atoms with E-state index in [9.17, 15) is 19.8 Å². The van der Waals surface area contributed by atoms with Crippen molar-refractivity contribution in [1.82, 2.24) is 10.2 Å². The Morgan fingerprint density at radius 3 is 2.36 bits per heavy atom. The number of rotatable bonds is 23. The lowest BCUT2D eigenvalue weighted by Crippen LogP contribution is -2.70. The Bertz CT molecular complexity index is 2040. The highest BCUT2D eigenvalue weighted by atomic mass is 16.7. The molecule has 11 heteroatoms. The van der Waals surface area contributed by atoms with Crippen LogP contribution in [-0.2, 0) is 27.5 Å². The number of amides is 2. The summed E-state index contributed by atoms with van der Waals surface area (Å²) in [7, 11) is 0. The SMILES string of the molecule is C=CCOC12Oc3ccc(OC(=O)NCc4ccccc4)cc3C3C(CCCCO)C(CCCCO)C=C(C(=NOCc4ccccc4)CC1N(CCC)C(=O)CCC1CCCC1)C32. The molecule has 1 heterocycles. The molecule has 6 atom stereocenters. The second-order valence-corrected chi connectivity index (χ2v) is 18.0. The molecule has 0 spiro atoms. The molecule has 6 unspecified atom stereocenters. The van der Waals surface area contributed by atoms with Crippen LogP contribution in [0.5, 0.6) is 11.5 Å². The topological polar surface area (TPSA) is 139 Å². The van der Waals surface area contributed by atoms with Crippen LogP contribution >= 0.6 is 0 Å². The summed E-state index contributed by atoms with van der Waals surface area (Å²) in [5.74, 6) is -0.265. The largest absolute Gasteiger partial charge is 0.459 e. The van der Waals surface area contributed by atoms with Gasteiger partial charge in [-0.05, 0) is 91.2 Å². The first-order valence-electron chi connectivity index (χ1n) is 23.9. The molecule has 3 aliphatic carbocycles. The summed E-state index contributed by atoms with van der Waals surface area (Å²) < 4.78 is 20.5. The number of allylic oxidation sites excluding steroid dienone is 1. The second kappa shape index (κ2) is 23.3. The Morgan fingerprint density at radius 2 is 1.66 bits per heavy atom. The van der Waals surface area contributed by atoms with Gasteiger partial charge >= 0.3 is 6.09 Å². The number of nitrogens with zero attached hydrogens (tertiary/aromatic N) is 2. The van der Waals surface area contributed by atoms with Crippen molar-refractivity contribution in [2.75, 3.05) is 26.4 Å². The summed E-state index contributed by atoms with van der Waals surface area (Å²) in [4.78, 5) is 36.4. The number of hydrogen-bond acceptors (Lipinski definition) is 9. The molecule has 2 amide bonds. The van der Waals surface area contributed by atoms with E-state index in [-0.39, 0.29) is 50.1 Å². The molecule has 4 aliphatic rings. The molecule has 3 aromatic rings. The smallest absolute Gasteiger partial charge is 0.412 e. The normalized spacial score (nSPS) is 24.2. The molecule has 7 rings (SSSR count). The van der Waals surface area contributed by atoms with Gasteiger partial charge in [-0.2, -0.15) is 0 Å². The highest BCUT2D eigenvalue weighted by molar-refractivity contribution is 6.03. The number of aliphatic hydroxyl groups excluding tert-OH is 2. The van der Waals surface area contributed by atoms with E-state index in [1.165, 1.54) is 25.7 Å². The molecule has 64 heavy (non-hydrogen) atoms. The van der Waals surface area contributed by atoms with Crippen molar-refractivity contribution in [3.8, 4) is 11.5 Å². The van der Waals surface area contributed by atoms with E-state index in [1.54, 1.807) is 12.1 Å². The lowest BCUT2D eigenvalue weighted by Gasteiger charge is -2.60. The Balaban J connectivity index is 1.36. The molecule has 344 valence electrons. The fraction of sp³-hybridized carbons (Fsp3) is 0.528. The molecule has 3 N–H and O–H groups in total. The summed E-state index contributed by atoms with van der Waals surface area (Å²) in [6.45, 7) is 7.68. The van der Waals surface area contributed by atoms with E-state index in [2.05, 4.69) is 24.9 Å². The first-order valence-corrected chi connectivity index (χ1v) is 23.9. The number of hydrogen-bond donors (Lipinski definition) is 3. The number of aliphatic hydroxyl groups is 2. The Hall–Kier alpha value is -4.97. The fourth-order valence-electron chi connectivity index (χ4n) is 10.8. The van der Waals surface area contributed by atoms with Crippen LogP contribution < -0.4 is 14.8 Å². The zero-order valence-corrected chi connectivity index (χ0v) is 37.7. The fourth-order valence-corrected chi connectivity index (χ4v) is 10.8. The van der Waals surface area contributed by atoms with E-state index >= 15 is 0 Å². The van der Waals surface area contributed by atoms with Crippen molar-refractivity contribution in [3.63, 3.8) is 0 Å². The molecule has 0 bridgehead atoms. The van der Waals surface area contributed by atoms with Crippen LogP contribution in [0.15, 0.2) is 108 Å². The van der Waals surface area contributed by atoms with Crippen LogP contribution in [0, 0.1) is 23.7 Å². The van der Waals surface area contributed by atoms with Crippen molar-refractivity contribution in [2.45, 2.75) is 128 Å². The van der Waals surface area contributed by atoms with Gasteiger partial charge in [0.15, 0.2) is 0 Å². The molecule has 2 saturated carbocycles. The van der Waals surface area contributed by atoms with Crippen LogP contribution in [0.25, 0.3) is 0 Å². The summed E-state index contributed by atoms with van der Waals surface area (Å²) >= 11 is 0. The van der Waals surface area contributed by atoms with Gasteiger partial charge in [0, 0.05) is 50.6 Å². The molecule has 0 radical (unpaired) electrons. The van der Waals surface area contributed by atoms with Gasteiger partial charge in [-0.15, -0.1) is 6.58 Å². The second-order valence-electron chi connectivity index (χ2n) is 18.0. The number of fused-ring (bicyclic) bond motifs is 2. The Labute approximate surface area is 379 Å². The Kier molecular flexibility index (Phi) is 17.1. The quantitative estimate of drug-likeness (QED) is 0.0486. The number of carbonyl (C=O) groups is 2. The van der Waals surface area contributed by atoms with Gasteiger partial charge in [0.2, 0.25) is 11.7 Å². The molecule has 2 fully saturated rings. The zero-order valence-electron chi connectivity index (χ0n) is 37.7. The van der Waals surface area contributed by atoms with Crippen molar-refractivity contribution in [2.24, 2.45) is 28.8 Å². The average molecular weight is 876 g/mol. The zero-order chi connectivity index (χ0) is 44.7. The average Bonchev–Trinajstić information content (AvgIpc) is 3.85. The predicted octanol–water partition coefficient (Wildman–Crippen LogP) is 10.0. The third-order valence-corrected chi connectivity index (χ3v) is 13.8. The minimum Gasteiger partial charge on any atom is -0.459 e. The van der Waals surface area contributed by atoms with Crippen LogP contribution in [-0.4, -0.2) is 71.0 Å². The molecule has 0 aromatic heterocycles. The van der Waals surface area contributed by atoms with Gasteiger partial charge < -0.3 is 39.5 Å². The van der Waals surface area contributed by atoms with Gasteiger partial charge in [0.05, 0.1) is 18.2 Å². The van der Waals surface area contributed by atoms with Crippen molar-refractivity contribution >= 4 is 17.7 Å². The molecule has 1 aliphatic heterocycles. The number of carbonyl (C=O) groups excluding carboxylic acids is 2. The van der Waals surface area contributed by atoms with E-state index in [4.69, 9.17) is 24.2 Å². The molecular formula is C53H69N3O8. The summed E-state index contributed by atoms with van der Waals surface area (Å²) in [6, 6.07) is 24.7. The van der Waals surface area contributed by atoms with E-state index in [0.29, 0.717) is 56.2 Å². The number of unbranched alkanes of at least 4 members (excludes halogenated alkanes) is 2. The molecule has 0 saturated heterocycles. The van der Waals surface area contributed by atoms with Gasteiger partial charge in [0.1, 0.15) is 24.1 Å². The van der Waals surface area contributed by atoms with Gasteiger partial charge in [-0.1, -0.05) is 123 Å². The monoisotopic (exact) mass is 876 g/mol. The van der Waals surface area contributed by atoms with Gasteiger partial charge in [-0.3, -0.25) is 4.79 Å². The number of ether oxygens (including phenoxy) is 3. The van der Waals surface area contributed by atoms with Crippen molar-refractivity contribution in [1.29, 1.82) is 0 Å². The number of benzene rings is 3. The summed E-state index contributed by atoms with van der Waals surface area (Å²) in [6.07, 6.45) is 15.3.